The summed E-state index contributed by atoms with van der Waals surface area (Å²) in [5, 5.41) is 0. The molecule has 0 bridgehead atoms. The van der Waals surface area contributed by atoms with E-state index in [4.69, 9.17) is 9.47 Å². The Morgan fingerprint density at radius 3 is 1.93 bits per heavy atom. The summed E-state index contributed by atoms with van der Waals surface area (Å²) < 4.78 is 62.0. The molecule has 0 aliphatic carbocycles. The zero-order valence-electron chi connectivity index (χ0n) is 16.3. The molecule has 9 heteroatoms. The lowest BCUT2D eigenvalue weighted by molar-refractivity contribution is 0.287. The lowest BCUT2D eigenvalue weighted by Gasteiger charge is -2.17. The fraction of sp³-hybridized carbons (Fsp3) is 0.368. The lowest BCUT2D eigenvalue weighted by atomic mass is 10.1. The molecule has 0 aliphatic rings. The normalized spacial score (nSPS) is 13.1. The van der Waals surface area contributed by atoms with Gasteiger partial charge in [-0.25, -0.2) is 21.6 Å². The van der Waals surface area contributed by atoms with E-state index in [-0.39, 0.29) is 9.79 Å². The van der Waals surface area contributed by atoms with Gasteiger partial charge in [0.2, 0.25) is 10.0 Å². The smallest absolute Gasteiger partial charge is 0.241 e. The number of ether oxygens (including phenoxy) is 2. The largest absolute Gasteiger partial charge is 0.490 e. The van der Waals surface area contributed by atoms with Gasteiger partial charge in [-0.15, -0.1) is 0 Å². The van der Waals surface area contributed by atoms with Crippen molar-refractivity contribution in [2.75, 3.05) is 19.5 Å². The van der Waals surface area contributed by atoms with Gasteiger partial charge in [0.1, 0.15) is 0 Å². The monoisotopic (exact) mass is 427 g/mol. The molecule has 0 spiro atoms. The first kappa shape index (κ1) is 22.2. The Morgan fingerprint density at radius 2 is 1.39 bits per heavy atom. The molecule has 1 atom stereocenters. The SMILES string of the molecule is CCOc1ccc([C@H](C)NS(=O)(=O)c2ccc(S(C)(=O)=O)cc2)cc1OCC. The predicted octanol–water partition coefficient (Wildman–Crippen LogP) is 2.93. The van der Waals surface area contributed by atoms with Crippen LogP contribution in [-0.2, 0) is 19.9 Å². The Morgan fingerprint density at radius 1 is 0.857 bits per heavy atom. The zero-order valence-corrected chi connectivity index (χ0v) is 17.9. The summed E-state index contributed by atoms with van der Waals surface area (Å²) >= 11 is 0. The van der Waals surface area contributed by atoms with Crippen LogP contribution in [0.1, 0.15) is 32.4 Å². The molecule has 2 rings (SSSR count). The van der Waals surface area contributed by atoms with Crippen molar-refractivity contribution in [3.63, 3.8) is 0 Å². The van der Waals surface area contributed by atoms with Crippen LogP contribution in [0.3, 0.4) is 0 Å². The van der Waals surface area contributed by atoms with Crippen molar-refractivity contribution in [3.8, 4) is 11.5 Å². The van der Waals surface area contributed by atoms with Crippen molar-refractivity contribution in [1.29, 1.82) is 0 Å². The third kappa shape index (κ3) is 5.46. The molecule has 0 fully saturated rings. The number of hydrogen-bond acceptors (Lipinski definition) is 6. The summed E-state index contributed by atoms with van der Waals surface area (Å²) in [5.41, 5.74) is 0.711. The molecule has 0 saturated carbocycles. The van der Waals surface area contributed by atoms with Crippen molar-refractivity contribution in [1.82, 2.24) is 4.72 Å². The van der Waals surface area contributed by atoms with Crippen molar-refractivity contribution >= 4 is 19.9 Å². The summed E-state index contributed by atoms with van der Waals surface area (Å²) in [4.78, 5) is 0.0510. The first-order valence-corrected chi connectivity index (χ1v) is 12.2. The van der Waals surface area contributed by atoms with Crippen LogP contribution in [0.2, 0.25) is 0 Å². The summed E-state index contributed by atoms with van der Waals surface area (Å²) in [6.45, 7) is 6.39. The molecule has 28 heavy (non-hydrogen) atoms. The Balaban J connectivity index is 2.25. The van der Waals surface area contributed by atoms with Crippen LogP contribution >= 0.6 is 0 Å². The quantitative estimate of drug-likeness (QED) is 0.661. The minimum absolute atomic E-state index is 0.0114. The molecule has 0 aliphatic heterocycles. The van der Waals surface area contributed by atoms with Crippen molar-refractivity contribution in [2.45, 2.75) is 36.6 Å². The van der Waals surface area contributed by atoms with E-state index in [1.54, 1.807) is 25.1 Å². The van der Waals surface area contributed by atoms with Crippen LogP contribution in [0.25, 0.3) is 0 Å². The molecule has 0 radical (unpaired) electrons. The van der Waals surface area contributed by atoms with Crippen molar-refractivity contribution in [3.05, 3.63) is 48.0 Å². The van der Waals surface area contributed by atoms with Gasteiger partial charge < -0.3 is 9.47 Å². The number of nitrogens with one attached hydrogen (secondary N) is 1. The van der Waals surface area contributed by atoms with Gasteiger partial charge in [0, 0.05) is 12.3 Å². The van der Waals surface area contributed by atoms with E-state index in [9.17, 15) is 16.8 Å². The molecule has 0 heterocycles. The molecule has 2 aromatic carbocycles. The van der Waals surface area contributed by atoms with Crippen LogP contribution < -0.4 is 14.2 Å². The van der Waals surface area contributed by atoms with Crippen LogP contribution in [0.15, 0.2) is 52.3 Å². The third-order valence-corrected chi connectivity index (χ3v) is 6.65. The molecule has 1 N–H and O–H groups in total. The minimum atomic E-state index is -3.83. The minimum Gasteiger partial charge on any atom is -0.490 e. The van der Waals surface area contributed by atoms with Crippen molar-refractivity contribution < 1.29 is 26.3 Å². The van der Waals surface area contributed by atoms with E-state index in [2.05, 4.69) is 4.72 Å². The van der Waals surface area contributed by atoms with E-state index in [0.29, 0.717) is 30.3 Å². The topological polar surface area (TPSA) is 98.8 Å². The van der Waals surface area contributed by atoms with Gasteiger partial charge in [0.25, 0.3) is 0 Å². The summed E-state index contributed by atoms with van der Waals surface area (Å²) in [5.74, 6) is 1.14. The highest BCUT2D eigenvalue weighted by atomic mass is 32.2. The number of sulfone groups is 1. The first-order chi connectivity index (χ1) is 13.1. The molecule has 7 nitrogen and oxygen atoms in total. The molecule has 0 saturated heterocycles. The first-order valence-electron chi connectivity index (χ1n) is 8.80. The van der Waals surface area contributed by atoms with Crippen LogP contribution in [0, 0.1) is 0 Å². The summed E-state index contributed by atoms with van der Waals surface area (Å²) in [6, 6.07) is 9.83. The average molecular weight is 428 g/mol. The maximum atomic E-state index is 12.6. The van der Waals surface area contributed by atoms with Gasteiger partial charge in [-0.05, 0) is 62.7 Å². The van der Waals surface area contributed by atoms with Crippen LogP contribution in [0.5, 0.6) is 11.5 Å². The molecule has 0 unspecified atom stereocenters. The fourth-order valence-electron chi connectivity index (χ4n) is 2.57. The maximum absolute atomic E-state index is 12.6. The number of benzene rings is 2. The van der Waals surface area contributed by atoms with Gasteiger partial charge in [-0.3, -0.25) is 0 Å². The Labute approximate surface area is 166 Å². The van der Waals surface area contributed by atoms with E-state index in [1.807, 2.05) is 13.8 Å². The Kier molecular flexibility index (Phi) is 7.08. The zero-order chi connectivity index (χ0) is 20.9. The number of sulfonamides is 1. The molecular weight excluding hydrogens is 402 g/mol. The van der Waals surface area contributed by atoms with E-state index >= 15 is 0 Å². The Hall–Kier alpha value is -2.10. The van der Waals surface area contributed by atoms with E-state index < -0.39 is 25.9 Å². The van der Waals surface area contributed by atoms with Gasteiger partial charge in [-0.2, -0.15) is 0 Å². The summed E-state index contributed by atoms with van der Waals surface area (Å²) in [7, 11) is -7.22. The van der Waals surface area contributed by atoms with E-state index in [1.165, 1.54) is 24.3 Å². The fourth-order valence-corrected chi connectivity index (χ4v) is 4.43. The molecule has 2 aromatic rings. The molecule has 0 amide bonds. The lowest BCUT2D eigenvalue weighted by Crippen LogP contribution is -2.27. The van der Waals surface area contributed by atoms with Gasteiger partial charge in [0.05, 0.1) is 23.0 Å². The number of rotatable bonds is 9. The molecular formula is C19H25NO6S2. The second-order valence-corrected chi connectivity index (χ2v) is 9.89. The highest BCUT2D eigenvalue weighted by Gasteiger charge is 2.20. The predicted molar refractivity (Wildman–Crippen MR) is 107 cm³/mol. The standard InChI is InChI=1S/C19H25NO6S2/c1-5-25-18-12-7-15(13-19(18)26-6-2)14(3)20-28(23,24)17-10-8-16(9-11-17)27(4,21)22/h7-14,20H,5-6H2,1-4H3/t14-/m0/s1. The van der Waals surface area contributed by atoms with Gasteiger partial charge >= 0.3 is 0 Å². The van der Waals surface area contributed by atoms with Crippen LogP contribution in [0.4, 0.5) is 0 Å². The second-order valence-electron chi connectivity index (χ2n) is 6.16. The van der Waals surface area contributed by atoms with Gasteiger partial charge in [-0.1, -0.05) is 6.07 Å². The number of hydrogen-bond donors (Lipinski definition) is 1. The van der Waals surface area contributed by atoms with Crippen molar-refractivity contribution in [2.24, 2.45) is 0 Å². The average Bonchev–Trinajstić information content (AvgIpc) is 2.62. The Bertz CT molecular complexity index is 1010. The second kappa shape index (κ2) is 8.93. The third-order valence-electron chi connectivity index (χ3n) is 3.96. The molecule has 0 aromatic heterocycles. The highest BCUT2D eigenvalue weighted by Crippen LogP contribution is 2.31. The maximum Gasteiger partial charge on any atom is 0.241 e. The summed E-state index contributed by atoms with van der Waals surface area (Å²) in [6.07, 6.45) is 1.07. The molecule has 154 valence electrons. The van der Waals surface area contributed by atoms with E-state index in [0.717, 1.165) is 6.26 Å². The van der Waals surface area contributed by atoms with Gasteiger partial charge in [0.15, 0.2) is 21.3 Å². The van der Waals surface area contributed by atoms with Crippen LogP contribution in [-0.4, -0.2) is 36.3 Å². The highest BCUT2D eigenvalue weighted by molar-refractivity contribution is 7.90.